The van der Waals surface area contributed by atoms with E-state index in [-0.39, 0.29) is 5.91 Å². The summed E-state index contributed by atoms with van der Waals surface area (Å²) in [6.07, 6.45) is 1.50. The Bertz CT molecular complexity index is 1080. The van der Waals surface area contributed by atoms with Crippen LogP contribution in [0.15, 0.2) is 53.1 Å². The molecular weight excluding hydrogens is 398 g/mol. The van der Waals surface area contributed by atoms with E-state index in [1.165, 1.54) is 6.20 Å². The molecule has 0 saturated heterocycles. The molecule has 0 aliphatic heterocycles. The molecule has 3 N–H and O–H groups in total. The average molecular weight is 412 g/mol. The first-order valence-corrected chi connectivity index (χ1v) is 8.58. The summed E-state index contributed by atoms with van der Waals surface area (Å²) < 4.78 is 6.10. The number of anilines is 1. The molecule has 0 bridgehead atoms. The van der Waals surface area contributed by atoms with Gasteiger partial charge in [-0.3, -0.25) is 15.0 Å². The predicted octanol–water partition coefficient (Wildman–Crippen LogP) is 3.98. The first-order chi connectivity index (χ1) is 12.7. The lowest BCUT2D eigenvalue weighted by Crippen LogP contribution is -2.12. The van der Waals surface area contributed by atoms with Gasteiger partial charge in [0, 0.05) is 15.4 Å². The van der Waals surface area contributed by atoms with E-state index < -0.39 is 0 Å². The van der Waals surface area contributed by atoms with E-state index in [9.17, 15) is 4.79 Å². The lowest BCUT2D eigenvalue weighted by atomic mass is 10.1. The number of hydrogen-bond donors (Lipinski definition) is 3. The Hall–Kier alpha value is -3.13. The van der Waals surface area contributed by atoms with Gasteiger partial charge in [-0.05, 0) is 42.5 Å². The van der Waals surface area contributed by atoms with Gasteiger partial charge in [-0.1, -0.05) is 15.9 Å². The van der Waals surface area contributed by atoms with Crippen LogP contribution in [0.1, 0.15) is 10.4 Å². The van der Waals surface area contributed by atoms with Gasteiger partial charge in [0.2, 0.25) is 0 Å². The van der Waals surface area contributed by atoms with Crippen molar-refractivity contribution >= 4 is 38.6 Å². The molecule has 0 spiro atoms. The first-order valence-electron chi connectivity index (χ1n) is 7.78. The Morgan fingerprint density at radius 1 is 1.15 bits per heavy atom. The molecule has 0 fully saturated rings. The van der Waals surface area contributed by atoms with Crippen LogP contribution < -0.4 is 10.1 Å². The van der Waals surface area contributed by atoms with Crippen LogP contribution in [0.5, 0.6) is 5.75 Å². The average Bonchev–Trinajstić information content (AvgIpc) is 3.29. The standard InChI is InChI=1S/C18H14BrN5O2/c1-26-12-5-2-10(3-6-12)16-14(9-20-23-16)18(25)21-17-13-7-4-11(19)8-15(13)22-24-17/h2-9H,1H3,(H,20,23)(H2,21,22,24,25). The van der Waals surface area contributed by atoms with Crippen molar-refractivity contribution < 1.29 is 9.53 Å². The lowest BCUT2D eigenvalue weighted by Gasteiger charge is -2.05. The van der Waals surface area contributed by atoms with Crippen LogP contribution in [-0.4, -0.2) is 33.4 Å². The molecule has 2 aromatic heterocycles. The van der Waals surface area contributed by atoms with E-state index in [0.29, 0.717) is 17.1 Å². The van der Waals surface area contributed by atoms with Crippen LogP contribution in [0, 0.1) is 0 Å². The summed E-state index contributed by atoms with van der Waals surface area (Å²) in [4.78, 5) is 12.7. The highest BCUT2D eigenvalue weighted by molar-refractivity contribution is 9.10. The number of carbonyl (C=O) groups is 1. The number of amides is 1. The summed E-state index contributed by atoms with van der Waals surface area (Å²) >= 11 is 3.41. The van der Waals surface area contributed by atoms with E-state index in [4.69, 9.17) is 4.74 Å². The molecule has 0 radical (unpaired) electrons. The molecule has 0 aliphatic rings. The maximum absolute atomic E-state index is 12.7. The van der Waals surface area contributed by atoms with Crippen molar-refractivity contribution in [1.82, 2.24) is 20.4 Å². The van der Waals surface area contributed by atoms with E-state index >= 15 is 0 Å². The van der Waals surface area contributed by atoms with Gasteiger partial charge in [0.05, 0.1) is 30.1 Å². The van der Waals surface area contributed by atoms with Crippen LogP contribution in [0.3, 0.4) is 0 Å². The summed E-state index contributed by atoms with van der Waals surface area (Å²) in [6, 6.07) is 13.1. The minimum absolute atomic E-state index is 0.291. The van der Waals surface area contributed by atoms with Crippen LogP contribution in [-0.2, 0) is 0 Å². The van der Waals surface area contributed by atoms with Crippen LogP contribution in [0.2, 0.25) is 0 Å². The van der Waals surface area contributed by atoms with Gasteiger partial charge in [-0.15, -0.1) is 0 Å². The van der Waals surface area contributed by atoms with Gasteiger partial charge < -0.3 is 10.1 Å². The van der Waals surface area contributed by atoms with Gasteiger partial charge in [0.15, 0.2) is 5.82 Å². The van der Waals surface area contributed by atoms with E-state index in [1.807, 2.05) is 42.5 Å². The van der Waals surface area contributed by atoms with Crippen molar-refractivity contribution in [3.8, 4) is 17.0 Å². The molecule has 2 aromatic carbocycles. The SMILES string of the molecule is COc1ccc(-c2[nH]ncc2C(=O)Nc2n[nH]c3cc(Br)ccc23)cc1. The highest BCUT2D eigenvalue weighted by atomic mass is 79.9. The number of halogens is 1. The van der Waals surface area contributed by atoms with Crippen molar-refractivity contribution in [3.05, 3.63) is 58.7 Å². The Labute approximate surface area is 156 Å². The van der Waals surface area contributed by atoms with Crippen LogP contribution >= 0.6 is 15.9 Å². The van der Waals surface area contributed by atoms with Gasteiger partial charge in [0.25, 0.3) is 5.91 Å². The molecule has 4 aromatic rings. The topological polar surface area (TPSA) is 95.7 Å². The number of aromatic nitrogens is 4. The summed E-state index contributed by atoms with van der Waals surface area (Å²) in [7, 11) is 1.61. The second-order valence-corrected chi connectivity index (χ2v) is 6.52. The second kappa shape index (κ2) is 6.64. The molecule has 26 heavy (non-hydrogen) atoms. The number of nitrogens with one attached hydrogen (secondary N) is 3. The number of nitrogens with zero attached hydrogens (tertiary/aromatic N) is 2. The molecule has 4 rings (SSSR count). The van der Waals surface area contributed by atoms with Gasteiger partial charge in [-0.2, -0.15) is 10.2 Å². The van der Waals surface area contributed by atoms with Crippen LogP contribution in [0.25, 0.3) is 22.2 Å². The fraction of sp³-hybridized carbons (Fsp3) is 0.0556. The second-order valence-electron chi connectivity index (χ2n) is 5.60. The monoisotopic (exact) mass is 411 g/mol. The molecule has 0 unspecified atom stereocenters. The maximum Gasteiger partial charge on any atom is 0.260 e. The van der Waals surface area contributed by atoms with Crippen molar-refractivity contribution in [2.75, 3.05) is 12.4 Å². The third-order valence-corrected chi connectivity index (χ3v) is 4.51. The van der Waals surface area contributed by atoms with Crippen LogP contribution in [0.4, 0.5) is 5.82 Å². The minimum atomic E-state index is -0.291. The van der Waals surface area contributed by atoms with E-state index in [1.54, 1.807) is 7.11 Å². The maximum atomic E-state index is 12.7. The number of carbonyl (C=O) groups excluding carboxylic acids is 1. The molecule has 2 heterocycles. The molecule has 0 atom stereocenters. The number of aromatic amines is 2. The highest BCUT2D eigenvalue weighted by Gasteiger charge is 2.17. The summed E-state index contributed by atoms with van der Waals surface area (Å²) in [5.41, 5.74) is 2.73. The number of hydrogen-bond acceptors (Lipinski definition) is 4. The summed E-state index contributed by atoms with van der Waals surface area (Å²) in [5.74, 6) is 0.925. The molecular formula is C18H14BrN5O2. The minimum Gasteiger partial charge on any atom is -0.497 e. The normalized spacial score (nSPS) is 10.8. The Kier molecular flexibility index (Phi) is 4.18. The predicted molar refractivity (Wildman–Crippen MR) is 102 cm³/mol. The zero-order chi connectivity index (χ0) is 18.1. The van der Waals surface area contributed by atoms with Gasteiger partial charge in [-0.25, -0.2) is 0 Å². The third kappa shape index (κ3) is 2.95. The molecule has 8 heteroatoms. The molecule has 7 nitrogen and oxygen atoms in total. The number of methoxy groups -OCH3 is 1. The lowest BCUT2D eigenvalue weighted by molar-refractivity contribution is 0.102. The zero-order valence-electron chi connectivity index (χ0n) is 13.7. The first kappa shape index (κ1) is 16.3. The zero-order valence-corrected chi connectivity index (χ0v) is 15.3. The largest absolute Gasteiger partial charge is 0.497 e. The summed E-state index contributed by atoms with van der Waals surface area (Å²) in [6.45, 7) is 0. The van der Waals surface area contributed by atoms with Crippen molar-refractivity contribution in [3.63, 3.8) is 0 Å². The van der Waals surface area contributed by atoms with Gasteiger partial charge in [0.1, 0.15) is 5.75 Å². The fourth-order valence-electron chi connectivity index (χ4n) is 2.70. The Morgan fingerprint density at radius 2 is 1.96 bits per heavy atom. The molecule has 0 aliphatic carbocycles. The number of H-pyrrole nitrogens is 2. The van der Waals surface area contributed by atoms with Gasteiger partial charge >= 0.3 is 0 Å². The molecule has 130 valence electrons. The quantitative estimate of drug-likeness (QED) is 0.473. The summed E-state index contributed by atoms with van der Waals surface area (Å²) in [5, 5.41) is 17.7. The number of ether oxygens (including phenoxy) is 1. The Balaban J connectivity index is 1.63. The van der Waals surface area contributed by atoms with Crippen molar-refractivity contribution in [1.29, 1.82) is 0 Å². The number of fused-ring (bicyclic) bond motifs is 1. The van der Waals surface area contributed by atoms with E-state index in [0.717, 1.165) is 26.7 Å². The van der Waals surface area contributed by atoms with Crippen molar-refractivity contribution in [2.45, 2.75) is 0 Å². The number of rotatable bonds is 4. The molecule has 1 amide bonds. The Morgan fingerprint density at radius 3 is 2.73 bits per heavy atom. The van der Waals surface area contributed by atoms with E-state index in [2.05, 4.69) is 41.6 Å². The molecule has 0 saturated carbocycles. The smallest absolute Gasteiger partial charge is 0.260 e. The number of benzene rings is 2. The van der Waals surface area contributed by atoms with Crippen molar-refractivity contribution in [2.24, 2.45) is 0 Å². The fourth-order valence-corrected chi connectivity index (χ4v) is 3.06. The third-order valence-electron chi connectivity index (χ3n) is 4.02. The highest BCUT2D eigenvalue weighted by Crippen LogP contribution is 2.27.